The maximum atomic E-state index is 10.8. The molecule has 0 N–H and O–H groups in total. The maximum Gasteiger partial charge on any atom is 0.211 e. The summed E-state index contributed by atoms with van der Waals surface area (Å²) in [6.07, 6.45) is 0. The smallest absolute Gasteiger partial charge is 0.211 e. The second-order valence-electron chi connectivity index (χ2n) is 2.25. The Morgan fingerprint density at radius 3 is 2.64 bits per heavy atom. The number of Topliss-reactive ketones (excluding diaryl/α,β-unsaturated/α-hetero) is 1. The number of hydrogen-bond donors (Lipinski definition) is 0. The molecule has 0 bridgehead atoms. The van der Waals surface area contributed by atoms with Crippen molar-refractivity contribution in [2.24, 2.45) is 7.05 Å². The Bertz CT molecular complexity index is 278. The second-order valence-corrected chi connectivity index (χ2v) is 2.25. The van der Waals surface area contributed by atoms with E-state index in [-0.39, 0.29) is 5.78 Å². The second kappa shape index (κ2) is 2.74. The zero-order valence-corrected chi connectivity index (χ0v) is 6.79. The lowest BCUT2D eigenvalue weighted by atomic mass is 10.3. The first-order valence-electron chi connectivity index (χ1n) is 3.24. The van der Waals surface area contributed by atoms with Crippen LogP contribution < -0.4 is 4.74 Å². The first-order valence-corrected chi connectivity index (χ1v) is 3.24. The molecule has 11 heavy (non-hydrogen) atoms. The first kappa shape index (κ1) is 7.78. The Balaban J connectivity index is 3.05. The summed E-state index contributed by atoms with van der Waals surface area (Å²) in [5, 5.41) is 3.92. The topological polar surface area (TPSA) is 44.1 Å². The summed E-state index contributed by atoms with van der Waals surface area (Å²) in [5.74, 6) is 0.541. The van der Waals surface area contributed by atoms with Gasteiger partial charge in [0.15, 0.2) is 5.78 Å². The molecule has 60 valence electrons. The third kappa shape index (κ3) is 1.39. The molecule has 1 aromatic rings. The van der Waals surface area contributed by atoms with Crippen LogP contribution in [0.15, 0.2) is 6.07 Å². The van der Waals surface area contributed by atoms with Gasteiger partial charge in [0.1, 0.15) is 5.69 Å². The number of aryl methyl sites for hydroxylation is 1. The molecule has 4 heteroatoms. The lowest BCUT2D eigenvalue weighted by Crippen LogP contribution is -1.97. The molecule has 0 aliphatic heterocycles. The standard InChI is InChI=1S/C7H10N2O2/c1-5(10)6-4-7(11-3)9(2)8-6/h4H,1-3H3. The van der Waals surface area contributed by atoms with Crippen molar-refractivity contribution in [2.45, 2.75) is 6.92 Å². The van der Waals surface area contributed by atoms with E-state index in [0.717, 1.165) is 0 Å². The van der Waals surface area contributed by atoms with Crippen molar-refractivity contribution in [1.29, 1.82) is 0 Å². The molecule has 0 aliphatic rings. The molecule has 4 nitrogen and oxygen atoms in total. The molecule has 1 heterocycles. The summed E-state index contributed by atoms with van der Waals surface area (Å²) in [7, 11) is 3.27. The van der Waals surface area contributed by atoms with Crippen LogP contribution in [0.2, 0.25) is 0 Å². The number of ether oxygens (including phenoxy) is 1. The molecule has 0 unspecified atom stereocenters. The largest absolute Gasteiger partial charge is 0.481 e. The van der Waals surface area contributed by atoms with E-state index in [0.29, 0.717) is 11.6 Å². The van der Waals surface area contributed by atoms with Crippen LogP contribution in [0.3, 0.4) is 0 Å². The SMILES string of the molecule is COc1cc(C(C)=O)nn1C. The van der Waals surface area contributed by atoms with Crippen LogP contribution >= 0.6 is 0 Å². The van der Waals surface area contributed by atoms with E-state index in [1.165, 1.54) is 11.6 Å². The number of hydrogen-bond acceptors (Lipinski definition) is 3. The summed E-state index contributed by atoms with van der Waals surface area (Å²) in [6, 6.07) is 1.61. The van der Waals surface area contributed by atoms with Crippen LogP contribution in [0.1, 0.15) is 17.4 Å². The number of aromatic nitrogens is 2. The Labute approximate surface area is 64.8 Å². The fourth-order valence-electron chi connectivity index (χ4n) is 0.813. The summed E-state index contributed by atoms with van der Waals surface area (Å²) >= 11 is 0. The van der Waals surface area contributed by atoms with Crippen LogP contribution in [0, 0.1) is 0 Å². The average molecular weight is 154 g/mol. The molecule has 0 aliphatic carbocycles. The van der Waals surface area contributed by atoms with Gasteiger partial charge >= 0.3 is 0 Å². The quantitative estimate of drug-likeness (QED) is 0.587. The first-order chi connectivity index (χ1) is 5.15. The number of ketones is 1. The monoisotopic (exact) mass is 154 g/mol. The zero-order chi connectivity index (χ0) is 8.43. The molecule has 0 radical (unpaired) electrons. The van der Waals surface area contributed by atoms with E-state index in [4.69, 9.17) is 4.74 Å². The van der Waals surface area contributed by atoms with Gasteiger partial charge in [0.05, 0.1) is 7.11 Å². The Morgan fingerprint density at radius 1 is 1.73 bits per heavy atom. The fourth-order valence-corrected chi connectivity index (χ4v) is 0.813. The molecule has 0 atom stereocenters. The van der Waals surface area contributed by atoms with Crippen LogP contribution in [0.4, 0.5) is 0 Å². The van der Waals surface area contributed by atoms with Gasteiger partial charge in [-0.2, -0.15) is 5.10 Å². The fraction of sp³-hybridized carbons (Fsp3) is 0.429. The van der Waals surface area contributed by atoms with E-state index in [2.05, 4.69) is 5.10 Å². The molecule has 0 spiro atoms. The Morgan fingerprint density at radius 2 is 2.36 bits per heavy atom. The predicted molar refractivity (Wildman–Crippen MR) is 39.8 cm³/mol. The van der Waals surface area contributed by atoms with Crippen LogP contribution in [0.5, 0.6) is 5.88 Å². The van der Waals surface area contributed by atoms with E-state index < -0.39 is 0 Å². The Kier molecular flexibility index (Phi) is 1.94. The molecule has 1 rings (SSSR count). The van der Waals surface area contributed by atoms with Gasteiger partial charge in [-0.25, -0.2) is 4.68 Å². The van der Waals surface area contributed by atoms with Gasteiger partial charge < -0.3 is 4.74 Å². The third-order valence-electron chi connectivity index (χ3n) is 1.41. The maximum absolute atomic E-state index is 10.8. The number of nitrogens with zero attached hydrogens (tertiary/aromatic N) is 2. The predicted octanol–water partition coefficient (Wildman–Crippen LogP) is 0.631. The molecule has 0 fully saturated rings. The highest BCUT2D eigenvalue weighted by Gasteiger charge is 2.07. The molecule has 0 saturated heterocycles. The lowest BCUT2D eigenvalue weighted by Gasteiger charge is -1.95. The lowest BCUT2D eigenvalue weighted by molar-refractivity contribution is 0.101. The molecule has 1 aromatic heterocycles. The summed E-state index contributed by atoms with van der Waals surface area (Å²) in [6.45, 7) is 1.47. The van der Waals surface area contributed by atoms with Gasteiger partial charge in [0.2, 0.25) is 5.88 Å². The zero-order valence-electron chi connectivity index (χ0n) is 6.79. The van der Waals surface area contributed by atoms with Crippen LogP contribution in [-0.4, -0.2) is 22.7 Å². The molecule has 0 aromatic carbocycles. The van der Waals surface area contributed by atoms with Gasteiger partial charge in [-0.05, 0) is 0 Å². The average Bonchev–Trinajstić information content (AvgIpc) is 2.31. The van der Waals surface area contributed by atoms with Crippen molar-refractivity contribution in [1.82, 2.24) is 9.78 Å². The normalized spacial score (nSPS) is 9.73. The highest BCUT2D eigenvalue weighted by molar-refractivity contribution is 5.92. The van der Waals surface area contributed by atoms with Crippen LogP contribution in [-0.2, 0) is 7.05 Å². The van der Waals surface area contributed by atoms with E-state index in [1.807, 2.05) is 0 Å². The minimum absolute atomic E-state index is 0.0519. The van der Waals surface area contributed by atoms with Crippen molar-refractivity contribution in [3.8, 4) is 5.88 Å². The van der Waals surface area contributed by atoms with E-state index in [1.54, 1.807) is 20.2 Å². The van der Waals surface area contributed by atoms with Crippen LogP contribution in [0.25, 0.3) is 0 Å². The molecule has 0 amide bonds. The van der Waals surface area contributed by atoms with Crippen molar-refractivity contribution in [3.05, 3.63) is 11.8 Å². The van der Waals surface area contributed by atoms with Gasteiger partial charge in [0, 0.05) is 20.0 Å². The summed E-state index contributed by atoms with van der Waals surface area (Å²) < 4.78 is 6.45. The van der Waals surface area contributed by atoms with Crippen molar-refractivity contribution in [2.75, 3.05) is 7.11 Å². The van der Waals surface area contributed by atoms with E-state index in [9.17, 15) is 4.79 Å². The number of rotatable bonds is 2. The summed E-state index contributed by atoms with van der Waals surface area (Å²) in [4.78, 5) is 10.8. The molecular weight excluding hydrogens is 144 g/mol. The highest BCUT2D eigenvalue weighted by atomic mass is 16.5. The van der Waals surface area contributed by atoms with E-state index >= 15 is 0 Å². The van der Waals surface area contributed by atoms with Gasteiger partial charge in [-0.1, -0.05) is 0 Å². The number of carbonyl (C=O) groups excluding carboxylic acids is 1. The van der Waals surface area contributed by atoms with Gasteiger partial charge in [-0.3, -0.25) is 4.79 Å². The minimum Gasteiger partial charge on any atom is -0.481 e. The third-order valence-corrected chi connectivity index (χ3v) is 1.41. The van der Waals surface area contributed by atoms with Crippen molar-refractivity contribution in [3.63, 3.8) is 0 Å². The minimum atomic E-state index is -0.0519. The van der Waals surface area contributed by atoms with Crippen molar-refractivity contribution < 1.29 is 9.53 Å². The van der Waals surface area contributed by atoms with Crippen molar-refractivity contribution >= 4 is 5.78 Å². The van der Waals surface area contributed by atoms with Gasteiger partial charge in [-0.15, -0.1) is 0 Å². The number of methoxy groups -OCH3 is 1. The summed E-state index contributed by atoms with van der Waals surface area (Å²) in [5.41, 5.74) is 0.435. The van der Waals surface area contributed by atoms with Gasteiger partial charge in [0.25, 0.3) is 0 Å². The molecular formula is C7H10N2O2. The highest BCUT2D eigenvalue weighted by Crippen LogP contribution is 2.10. The Hall–Kier alpha value is -1.32. The number of carbonyl (C=O) groups is 1. The molecule has 0 saturated carbocycles.